The number of anilines is 6. The third-order valence-corrected chi connectivity index (χ3v) is 12.7. The van der Waals surface area contributed by atoms with Crippen LogP contribution in [0.4, 0.5) is 34.1 Å². The smallest absolute Gasteiger partial charge is 0.0468 e. The molecule has 282 valence electrons. The van der Waals surface area contributed by atoms with Crippen molar-refractivity contribution in [2.45, 2.75) is 33.1 Å². The standard InChI is InChI=1S/C57H44N2/c1-37-16-23-44(24-17-37)58(46-27-20-39-10-5-7-12-41(39)32-46)48-29-22-43-34-53-50-31-30-49(36-55(50)57(3,4)54-15-9-14-51(56(53)54)52(43)35-48)59(45-25-18-38(2)19-26-45)47-28-21-40-11-6-8-13-42(40)33-47/h5-36H,1-4H3. The quantitative estimate of drug-likeness (QED) is 0.156. The van der Waals surface area contributed by atoms with E-state index < -0.39 is 0 Å². The molecule has 0 heterocycles. The summed E-state index contributed by atoms with van der Waals surface area (Å²) >= 11 is 0. The highest BCUT2D eigenvalue weighted by atomic mass is 15.1. The summed E-state index contributed by atoms with van der Waals surface area (Å²) in [4.78, 5) is 4.81. The molecule has 0 aromatic heterocycles. The molecule has 0 fully saturated rings. The highest BCUT2D eigenvalue weighted by Gasteiger charge is 2.35. The Bertz CT molecular complexity index is 3260. The number of benzene rings is 10. The third-order valence-electron chi connectivity index (χ3n) is 12.7. The Kier molecular flexibility index (Phi) is 8.00. The van der Waals surface area contributed by atoms with Crippen molar-refractivity contribution >= 4 is 77.2 Å². The Morgan fingerprint density at radius 2 is 0.797 bits per heavy atom. The maximum Gasteiger partial charge on any atom is 0.0468 e. The molecule has 0 unspecified atom stereocenters. The van der Waals surface area contributed by atoms with Gasteiger partial charge in [-0.05, 0) is 158 Å². The van der Waals surface area contributed by atoms with Gasteiger partial charge < -0.3 is 9.80 Å². The van der Waals surface area contributed by atoms with Crippen LogP contribution in [0.1, 0.15) is 36.1 Å². The molecule has 0 spiro atoms. The molecule has 0 amide bonds. The summed E-state index contributed by atoms with van der Waals surface area (Å²) < 4.78 is 0. The Morgan fingerprint density at radius 1 is 0.322 bits per heavy atom. The lowest BCUT2D eigenvalue weighted by atomic mass is 9.68. The van der Waals surface area contributed by atoms with Crippen LogP contribution >= 0.6 is 0 Å². The number of hydrogen-bond acceptors (Lipinski definition) is 2. The van der Waals surface area contributed by atoms with Gasteiger partial charge >= 0.3 is 0 Å². The van der Waals surface area contributed by atoms with E-state index in [2.05, 4.69) is 232 Å². The van der Waals surface area contributed by atoms with Crippen LogP contribution in [0.25, 0.3) is 54.2 Å². The first-order valence-corrected chi connectivity index (χ1v) is 20.7. The molecule has 2 heteroatoms. The Labute approximate surface area is 346 Å². The molecule has 11 rings (SSSR count). The van der Waals surface area contributed by atoms with Gasteiger partial charge in [0, 0.05) is 39.5 Å². The molecule has 10 aromatic carbocycles. The molecule has 0 saturated heterocycles. The van der Waals surface area contributed by atoms with E-state index in [9.17, 15) is 0 Å². The Morgan fingerprint density at radius 3 is 1.37 bits per heavy atom. The van der Waals surface area contributed by atoms with Crippen LogP contribution in [0.3, 0.4) is 0 Å². The highest BCUT2D eigenvalue weighted by molar-refractivity contribution is 6.17. The van der Waals surface area contributed by atoms with Gasteiger partial charge in [-0.2, -0.15) is 0 Å². The van der Waals surface area contributed by atoms with Gasteiger partial charge in [0.1, 0.15) is 0 Å². The minimum Gasteiger partial charge on any atom is -0.310 e. The lowest BCUT2D eigenvalue weighted by Crippen LogP contribution is -2.24. The van der Waals surface area contributed by atoms with E-state index in [0.717, 1.165) is 34.1 Å². The first-order chi connectivity index (χ1) is 28.8. The average molecular weight is 757 g/mol. The molecule has 1 aliphatic carbocycles. The van der Waals surface area contributed by atoms with Gasteiger partial charge in [-0.15, -0.1) is 0 Å². The summed E-state index contributed by atoms with van der Waals surface area (Å²) in [6.07, 6.45) is 0. The molecule has 1 aliphatic rings. The Hall–Kier alpha value is -7.16. The molecule has 10 aromatic rings. The first-order valence-electron chi connectivity index (χ1n) is 20.7. The fourth-order valence-electron chi connectivity index (χ4n) is 9.55. The van der Waals surface area contributed by atoms with E-state index in [1.54, 1.807) is 0 Å². The van der Waals surface area contributed by atoms with Gasteiger partial charge in [0.2, 0.25) is 0 Å². The van der Waals surface area contributed by atoms with Crippen LogP contribution in [0, 0.1) is 13.8 Å². The van der Waals surface area contributed by atoms with E-state index in [-0.39, 0.29) is 5.41 Å². The van der Waals surface area contributed by atoms with Crippen LogP contribution in [0.15, 0.2) is 194 Å². The lowest BCUT2D eigenvalue weighted by Gasteiger charge is -2.37. The minimum absolute atomic E-state index is 0.246. The first kappa shape index (κ1) is 35.0. The van der Waals surface area contributed by atoms with Crippen molar-refractivity contribution in [3.63, 3.8) is 0 Å². The predicted octanol–water partition coefficient (Wildman–Crippen LogP) is 16.2. The van der Waals surface area contributed by atoms with Crippen LogP contribution in [0.2, 0.25) is 0 Å². The normalized spacial score (nSPS) is 12.9. The molecular formula is C57H44N2. The van der Waals surface area contributed by atoms with E-state index >= 15 is 0 Å². The molecule has 0 saturated carbocycles. The fraction of sp³-hybridized carbons (Fsp3) is 0.0877. The topological polar surface area (TPSA) is 6.48 Å². The zero-order valence-electron chi connectivity index (χ0n) is 33.9. The highest BCUT2D eigenvalue weighted by Crippen LogP contribution is 2.52. The van der Waals surface area contributed by atoms with Crippen molar-refractivity contribution in [3.05, 3.63) is 216 Å². The van der Waals surface area contributed by atoms with Crippen LogP contribution in [-0.4, -0.2) is 0 Å². The molecular weight excluding hydrogens is 713 g/mol. The molecule has 0 bridgehead atoms. The monoisotopic (exact) mass is 756 g/mol. The second-order valence-electron chi connectivity index (χ2n) is 16.8. The van der Waals surface area contributed by atoms with E-state index in [1.165, 1.54) is 76.5 Å². The number of hydrogen-bond donors (Lipinski definition) is 0. The minimum atomic E-state index is -0.246. The zero-order chi connectivity index (χ0) is 39.8. The summed E-state index contributed by atoms with van der Waals surface area (Å²) in [5.41, 5.74) is 14.4. The second-order valence-corrected chi connectivity index (χ2v) is 16.8. The lowest BCUT2D eigenvalue weighted by molar-refractivity contribution is 0.645. The summed E-state index contributed by atoms with van der Waals surface area (Å²) in [5.74, 6) is 0. The van der Waals surface area contributed by atoms with E-state index in [4.69, 9.17) is 0 Å². The molecule has 0 N–H and O–H groups in total. The molecule has 0 atom stereocenters. The number of rotatable bonds is 6. The van der Waals surface area contributed by atoms with Crippen molar-refractivity contribution in [2.24, 2.45) is 0 Å². The summed E-state index contributed by atoms with van der Waals surface area (Å²) in [6, 6.07) is 72.2. The second kappa shape index (κ2) is 13.5. The number of aryl methyl sites for hydroxylation is 2. The van der Waals surface area contributed by atoms with Crippen LogP contribution < -0.4 is 9.80 Å². The van der Waals surface area contributed by atoms with Gasteiger partial charge in [-0.3, -0.25) is 0 Å². The Balaban J connectivity index is 1.08. The summed E-state index contributed by atoms with van der Waals surface area (Å²) in [5, 5.41) is 10.1. The number of fused-ring (bicyclic) bond motifs is 6. The van der Waals surface area contributed by atoms with Gasteiger partial charge in [0.15, 0.2) is 0 Å². The third kappa shape index (κ3) is 5.78. The van der Waals surface area contributed by atoms with Crippen LogP contribution in [-0.2, 0) is 5.41 Å². The molecule has 2 nitrogen and oxygen atoms in total. The van der Waals surface area contributed by atoms with E-state index in [0.29, 0.717) is 0 Å². The van der Waals surface area contributed by atoms with Gasteiger partial charge in [-0.1, -0.05) is 140 Å². The van der Waals surface area contributed by atoms with E-state index in [1.807, 2.05) is 0 Å². The number of nitrogens with zero attached hydrogens (tertiary/aromatic N) is 2. The largest absolute Gasteiger partial charge is 0.310 e. The summed E-state index contributed by atoms with van der Waals surface area (Å²) in [6.45, 7) is 9.11. The van der Waals surface area contributed by atoms with Gasteiger partial charge in [-0.25, -0.2) is 0 Å². The van der Waals surface area contributed by atoms with Crippen molar-refractivity contribution in [1.29, 1.82) is 0 Å². The van der Waals surface area contributed by atoms with Crippen molar-refractivity contribution < 1.29 is 0 Å². The zero-order valence-corrected chi connectivity index (χ0v) is 33.9. The van der Waals surface area contributed by atoms with Crippen LogP contribution in [0.5, 0.6) is 0 Å². The maximum atomic E-state index is 2.45. The van der Waals surface area contributed by atoms with Crippen molar-refractivity contribution in [1.82, 2.24) is 0 Å². The van der Waals surface area contributed by atoms with Gasteiger partial charge in [0.05, 0.1) is 0 Å². The fourth-order valence-corrected chi connectivity index (χ4v) is 9.55. The van der Waals surface area contributed by atoms with Crippen molar-refractivity contribution in [3.8, 4) is 11.1 Å². The van der Waals surface area contributed by atoms with Crippen molar-refractivity contribution in [2.75, 3.05) is 9.80 Å². The maximum absolute atomic E-state index is 2.45. The molecule has 0 radical (unpaired) electrons. The summed E-state index contributed by atoms with van der Waals surface area (Å²) in [7, 11) is 0. The average Bonchev–Trinajstić information content (AvgIpc) is 3.27. The molecule has 0 aliphatic heterocycles. The predicted molar refractivity (Wildman–Crippen MR) is 253 cm³/mol. The molecule has 59 heavy (non-hydrogen) atoms. The van der Waals surface area contributed by atoms with Gasteiger partial charge in [0.25, 0.3) is 0 Å². The SMILES string of the molecule is Cc1ccc(N(c2ccc3c(c2)C(C)(C)c2cccc4c2c-3cc2ccc(N(c3ccc(C)cc3)c3ccc5ccccc5c3)cc24)c2ccc3ccccc3c2)cc1.